The fourth-order valence-corrected chi connectivity index (χ4v) is 6.24. The molecule has 4 N–H and O–H groups in total. The number of nitrogens with zero attached hydrogens (tertiary/aromatic N) is 2. The van der Waals surface area contributed by atoms with Gasteiger partial charge in [-0.3, -0.25) is 14.4 Å². The van der Waals surface area contributed by atoms with Crippen LogP contribution in [0.4, 0.5) is 0 Å². The van der Waals surface area contributed by atoms with E-state index in [-0.39, 0.29) is 41.4 Å². The standard InChI is InChI=1S/C16H30N2O2.C12H19NO2.CH3NO/c1-13(20-12-14-6-3-2-4-7-14)10-16(19)18-9-5-8-15(17)11-18;1-11(2)6-9(11)10(14)13-7-12(8-13)4-3-5-15-12;2-1-3/h13-15H,2-12,17H2,1H3;9H,3-8H2,1-2H3;1H,(H2,2,3). The van der Waals surface area contributed by atoms with Crippen LogP contribution in [-0.4, -0.2) is 85.2 Å². The van der Waals surface area contributed by atoms with Crippen molar-refractivity contribution >= 4 is 18.2 Å². The van der Waals surface area contributed by atoms with Crippen molar-refractivity contribution in [3.8, 4) is 0 Å². The van der Waals surface area contributed by atoms with Crippen LogP contribution in [0.5, 0.6) is 0 Å². The maximum Gasteiger partial charge on any atom is 0.226 e. The summed E-state index contributed by atoms with van der Waals surface area (Å²) in [6.45, 7) is 11.4. The van der Waals surface area contributed by atoms with E-state index in [1.807, 2.05) is 16.7 Å². The summed E-state index contributed by atoms with van der Waals surface area (Å²) < 4.78 is 11.6. The third-order valence-electron chi connectivity index (χ3n) is 8.88. The van der Waals surface area contributed by atoms with Crippen LogP contribution in [-0.2, 0) is 23.9 Å². The van der Waals surface area contributed by atoms with E-state index in [1.54, 1.807) is 0 Å². The Kier molecular flexibility index (Phi) is 11.4. The highest BCUT2D eigenvalue weighted by Gasteiger charge is 2.56. The number of hydrogen-bond acceptors (Lipinski definition) is 6. The topological polar surface area (TPSA) is 128 Å². The van der Waals surface area contributed by atoms with Gasteiger partial charge in [0.2, 0.25) is 18.2 Å². The molecule has 38 heavy (non-hydrogen) atoms. The van der Waals surface area contributed by atoms with Gasteiger partial charge in [0.1, 0.15) is 5.60 Å². The van der Waals surface area contributed by atoms with Crippen LogP contribution in [0.25, 0.3) is 0 Å². The highest BCUT2D eigenvalue weighted by atomic mass is 16.5. The smallest absolute Gasteiger partial charge is 0.226 e. The lowest BCUT2D eigenvalue weighted by atomic mass is 9.90. The molecule has 3 unspecified atom stereocenters. The molecule has 3 atom stereocenters. The normalized spacial score (nSPS) is 28.2. The fraction of sp³-hybridized carbons (Fsp3) is 0.897. The number of ether oxygens (including phenoxy) is 2. The molecule has 3 aliphatic heterocycles. The molecule has 0 radical (unpaired) electrons. The molecule has 9 nitrogen and oxygen atoms in total. The third kappa shape index (κ3) is 8.91. The SMILES string of the molecule is CC(CC(=O)N1CCCC(N)C1)OCC1CCCCC1.CC1(C)CC1C(=O)N1CC2(CCCO2)C1.NC=O. The minimum Gasteiger partial charge on any atom is -0.378 e. The number of rotatable bonds is 6. The first-order valence-corrected chi connectivity index (χ1v) is 14.8. The van der Waals surface area contributed by atoms with E-state index < -0.39 is 0 Å². The number of carbonyl (C=O) groups is 3. The minimum atomic E-state index is 0.0302. The molecule has 2 saturated carbocycles. The molecule has 0 aromatic heterocycles. The molecule has 0 bridgehead atoms. The summed E-state index contributed by atoms with van der Waals surface area (Å²) in [6.07, 6.45) is 12.9. The average Bonchev–Trinajstić information content (AvgIpc) is 3.26. The van der Waals surface area contributed by atoms with Gasteiger partial charge in [0.05, 0.1) is 25.6 Å². The van der Waals surface area contributed by atoms with Crippen molar-refractivity contribution in [1.29, 1.82) is 0 Å². The third-order valence-corrected chi connectivity index (χ3v) is 8.88. The van der Waals surface area contributed by atoms with Gasteiger partial charge in [-0.15, -0.1) is 0 Å². The van der Waals surface area contributed by atoms with Crippen molar-refractivity contribution < 1.29 is 23.9 Å². The molecule has 218 valence electrons. The van der Waals surface area contributed by atoms with Gasteiger partial charge >= 0.3 is 0 Å². The second-order valence-corrected chi connectivity index (χ2v) is 12.8. The Morgan fingerprint density at radius 1 is 1.08 bits per heavy atom. The second-order valence-electron chi connectivity index (χ2n) is 12.8. The lowest BCUT2D eigenvalue weighted by Gasteiger charge is -2.47. The first kappa shape index (κ1) is 30.8. The van der Waals surface area contributed by atoms with Crippen molar-refractivity contribution in [3.05, 3.63) is 0 Å². The molecule has 0 aromatic carbocycles. The maximum atomic E-state index is 12.2. The summed E-state index contributed by atoms with van der Waals surface area (Å²) in [5, 5.41) is 0. The molecule has 9 heteroatoms. The maximum absolute atomic E-state index is 12.2. The number of hydrogen-bond donors (Lipinski definition) is 2. The molecule has 3 saturated heterocycles. The molecule has 5 aliphatic rings. The summed E-state index contributed by atoms with van der Waals surface area (Å²) in [7, 11) is 0. The number of nitrogens with two attached hydrogens (primary N) is 2. The Morgan fingerprint density at radius 3 is 2.29 bits per heavy atom. The van der Waals surface area contributed by atoms with Gasteiger partial charge in [-0.25, -0.2) is 0 Å². The summed E-state index contributed by atoms with van der Waals surface area (Å²) in [6, 6.07) is 0.158. The fourth-order valence-electron chi connectivity index (χ4n) is 6.24. The molecular weight excluding hydrogens is 484 g/mol. The zero-order valence-corrected chi connectivity index (χ0v) is 24.0. The molecule has 5 rings (SSSR count). The van der Waals surface area contributed by atoms with E-state index in [0.717, 1.165) is 65.0 Å². The van der Waals surface area contributed by atoms with Crippen LogP contribution < -0.4 is 11.5 Å². The van der Waals surface area contributed by atoms with Crippen LogP contribution in [0.1, 0.15) is 91.4 Å². The Balaban J connectivity index is 0.000000196. The minimum absolute atomic E-state index is 0.0302. The highest BCUT2D eigenvalue weighted by molar-refractivity contribution is 5.83. The van der Waals surface area contributed by atoms with Crippen LogP contribution in [0.3, 0.4) is 0 Å². The molecule has 0 aromatic rings. The van der Waals surface area contributed by atoms with Gasteiger partial charge in [-0.05, 0) is 63.2 Å². The van der Waals surface area contributed by atoms with Gasteiger partial charge in [-0.1, -0.05) is 33.1 Å². The van der Waals surface area contributed by atoms with Crippen LogP contribution in [0.15, 0.2) is 0 Å². The second kappa shape index (κ2) is 14.1. The predicted octanol–water partition coefficient (Wildman–Crippen LogP) is 2.84. The Bertz CT molecular complexity index is 771. The van der Waals surface area contributed by atoms with Crippen LogP contribution in [0.2, 0.25) is 0 Å². The van der Waals surface area contributed by atoms with Gasteiger partial charge in [0.25, 0.3) is 0 Å². The van der Waals surface area contributed by atoms with E-state index >= 15 is 0 Å². The predicted molar refractivity (Wildman–Crippen MR) is 147 cm³/mol. The Hall–Kier alpha value is -1.71. The molecular formula is C29H52N4O5. The number of likely N-dealkylation sites (tertiary alicyclic amines) is 2. The lowest BCUT2D eigenvalue weighted by molar-refractivity contribution is -0.159. The summed E-state index contributed by atoms with van der Waals surface area (Å²) >= 11 is 0. The highest BCUT2D eigenvalue weighted by Crippen LogP contribution is 2.53. The Labute approximate surface area is 229 Å². The van der Waals surface area contributed by atoms with E-state index in [4.69, 9.17) is 20.0 Å². The Morgan fingerprint density at radius 2 is 1.74 bits per heavy atom. The summed E-state index contributed by atoms with van der Waals surface area (Å²) in [5.41, 5.74) is 10.4. The number of primary amides is 1. The summed E-state index contributed by atoms with van der Waals surface area (Å²) in [4.78, 5) is 36.7. The molecule has 3 heterocycles. The first-order chi connectivity index (χ1) is 18.1. The van der Waals surface area contributed by atoms with Gasteiger partial charge in [0.15, 0.2) is 0 Å². The lowest BCUT2D eigenvalue weighted by Crippen LogP contribution is -2.63. The number of piperidine rings is 1. The van der Waals surface area contributed by atoms with Gasteiger partial charge in [0, 0.05) is 38.3 Å². The van der Waals surface area contributed by atoms with Crippen molar-refractivity contribution in [2.45, 2.75) is 109 Å². The van der Waals surface area contributed by atoms with E-state index in [0.29, 0.717) is 24.8 Å². The van der Waals surface area contributed by atoms with Crippen LogP contribution >= 0.6 is 0 Å². The first-order valence-electron chi connectivity index (χ1n) is 14.8. The molecule has 3 amide bonds. The van der Waals surface area contributed by atoms with Crippen molar-refractivity contribution in [1.82, 2.24) is 9.80 Å². The molecule has 5 fully saturated rings. The van der Waals surface area contributed by atoms with E-state index in [1.165, 1.54) is 32.1 Å². The number of amides is 3. The van der Waals surface area contributed by atoms with E-state index in [9.17, 15) is 9.59 Å². The quantitative estimate of drug-likeness (QED) is 0.503. The van der Waals surface area contributed by atoms with E-state index in [2.05, 4.69) is 19.6 Å². The van der Waals surface area contributed by atoms with Crippen molar-refractivity contribution in [3.63, 3.8) is 0 Å². The number of carbonyl (C=O) groups excluding carboxylic acids is 3. The average molecular weight is 537 g/mol. The summed E-state index contributed by atoms with van der Waals surface area (Å²) in [5.74, 6) is 1.57. The van der Waals surface area contributed by atoms with Gasteiger partial charge in [-0.2, -0.15) is 0 Å². The molecule has 2 aliphatic carbocycles. The zero-order valence-electron chi connectivity index (χ0n) is 24.0. The molecule has 1 spiro atoms. The zero-order chi connectivity index (χ0) is 27.8. The monoisotopic (exact) mass is 536 g/mol. The van der Waals surface area contributed by atoms with Gasteiger partial charge < -0.3 is 30.7 Å². The van der Waals surface area contributed by atoms with Crippen molar-refractivity contribution in [2.24, 2.45) is 28.7 Å². The van der Waals surface area contributed by atoms with Crippen LogP contribution in [0, 0.1) is 17.3 Å². The van der Waals surface area contributed by atoms with Crippen molar-refractivity contribution in [2.75, 3.05) is 39.4 Å². The largest absolute Gasteiger partial charge is 0.378 e.